The Morgan fingerprint density at radius 3 is 2.88 bits per heavy atom. The Morgan fingerprint density at radius 1 is 1.47 bits per heavy atom. The number of anilines is 2. The first-order valence-corrected chi connectivity index (χ1v) is 6.01. The predicted molar refractivity (Wildman–Crippen MR) is 66.5 cm³/mol. The van der Waals surface area contributed by atoms with Crippen molar-refractivity contribution in [3.63, 3.8) is 0 Å². The van der Waals surface area contributed by atoms with E-state index in [1.165, 1.54) is 25.6 Å². The van der Waals surface area contributed by atoms with E-state index >= 15 is 0 Å². The Morgan fingerprint density at radius 2 is 2.29 bits per heavy atom. The van der Waals surface area contributed by atoms with Crippen molar-refractivity contribution in [2.45, 2.75) is 31.7 Å². The minimum atomic E-state index is 0.205. The number of hydrazine groups is 1. The quantitative estimate of drug-likeness (QED) is 0.493. The van der Waals surface area contributed by atoms with Gasteiger partial charge in [-0.1, -0.05) is 0 Å². The molecule has 1 aromatic heterocycles. The van der Waals surface area contributed by atoms with Gasteiger partial charge in [0.25, 0.3) is 0 Å². The van der Waals surface area contributed by atoms with Gasteiger partial charge in [-0.25, -0.2) is 15.8 Å². The lowest BCUT2D eigenvalue weighted by atomic mass is 9.91. The zero-order valence-corrected chi connectivity index (χ0v) is 9.84. The lowest BCUT2D eigenvalue weighted by molar-refractivity contribution is 0.282. The van der Waals surface area contributed by atoms with Gasteiger partial charge in [0.05, 0.1) is 0 Å². The van der Waals surface area contributed by atoms with Gasteiger partial charge in [-0.15, -0.1) is 0 Å². The molecular formula is C11H19N5O. The van der Waals surface area contributed by atoms with Gasteiger partial charge in [0.15, 0.2) is 0 Å². The summed E-state index contributed by atoms with van der Waals surface area (Å²) >= 11 is 0. The molecule has 0 spiro atoms. The summed E-state index contributed by atoms with van der Waals surface area (Å²) in [6.07, 6.45) is 5.93. The Kier molecular flexibility index (Phi) is 4.11. The van der Waals surface area contributed by atoms with Gasteiger partial charge in [-0.05, 0) is 25.7 Å². The van der Waals surface area contributed by atoms with Crippen molar-refractivity contribution in [2.75, 3.05) is 23.5 Å². The highest BCUT2D eigenvalue weighted by atomic mass is 16.3. The van der Waals surface area contributed by atoms with Crippen LogP contribution in [0.15, 0.2) is 12.4 Å². The van der Waals surface area contributed by atoms with Gasteiger partial charge < -0.3 is 15.4 Å². The van der Waals surface area contributed by atoms with Crippen molar-refractivity contribution in [1.82, 2.24) is 9.97 Å². The molecule has 0 saturated heterocycles. The minimum Gasteiger partial charge on any atom is -0.396 e. The molecule has 6 nitrogen and oxygen atoms in total. The molecule has 1 aliphatic rings. The molecule has 0 atom stereocenters. The van der Waals surface area contributed by atoms with Crippen LogP contribution < -0.4 is 16.2 Å². The molecule has 0 aromatic carbocycles. The lowest BCUT2D eigenvalue weighted by Gasteiger charge is -2.38. The first-order chi connectivity index (χ1) is 8.35. The van der Waals surface area contributed by atoms with Crippen molar-refractivity contribution < 1.29 is 5.11 Å². The third kappa shape index (κ3) is 2.83. The molecule has 0 unspecified atom stereocenters. The molecule has 6 heteroatoms. The van der Waals surface area contributed by atoms with Gasteiger partial charge in [0.1, 0.15) is 18.0 Å². The number of hydrogen-bond acceptors (Lipinski definition) is 6. The van der Waals surface area contributed by atoms with Crippen molar-refractivity contribution in [3.8, 4) is 0 Å². The Balaban J connectivity index is 2.11. The van der Waals surface area contributed by atoms with Crippen molar-refractivity contribution in [3.05, 3.63) is 12.4 Å². The molecule has 1 heterocycles. The van der Waals surface area contributed by atoms with Crippen molar-refractivity contribution >= 4 is 11.6 Å². The number of nitrogens with one attached hydrogen (secondary N) is 1. The van der Waals surface area contributed by atoms with Crippen LogP contribution in [0.3, 0.4) is 0 Å². The summed E-state index contributed by atoms with van der Waals surface area (Å²) in [6, 6.07) is 2.39. The van der Waals surface area contributed by atoms with E-state index in [4.69, 9.17) is 10.9 Å². The number of rotatable bonds is 6. The second kappa shape index (κ2) is 5.79. The average molecular weight is 237 g/mol. The van der Waals surface area contributed by atoms with Crippen LogP contribution in [0.25, 0.3) is 0 Å². The number of nitrogens with zero attached hydrogens (tertiary/aromatic N) is 3. The van der Waals surface area contributed by atoms with Crippen LogP contribution >= 0.6 is 0 Å². The molecule has 1 aromatic rings. The molecule has 17 heavy (non-hydrogen) atoms. The largest absolute Gasteiger partial charge is 0.396 e. The number of aliphatic hydroxyl groups excluding tert-OH is 1. The van der Waals surface area contributed by atoms with E-state index in [2.05, 4.69) is 20.3 Å². The Hall–Kier alpha value is -1.40. The highest BCUT2D eigenvalue weighted by Gasteiger charge is 2.25. The van der Waals surface area contributed by atoms with Crippen LogP contribution in [0.5, 0.6) is 0 Å². The van der Waals surface area contributed by atoms with Crippen molar-refractivity contribution in [2.24, 2.45) is 5.84 Å². The number of aromatic nitrogens is 2. The van der Waals surface area contributed by atoms with Crippen molar-refractivity contribution in [1.29, 1.82) is 0 Å². The van der Waals surface area contributed by atoms with Crippen LogP contribution in [0.1, 0.15) is 25.7 Å². The fourth-order valence-electron chi connectivity index (χ4n) is 2.01. The van der Waals surface area contributed by atoms with Gasteiger partial charge >= 0.3 is 0 Å². The van der Waals surface area contributed by atoms with E-state index in [0.29, 0.717) is 11.9 Å². The Bertz CT molecular complexity index is 355. The van der Waals surface area contributed by atoms with E-state index in [1.807, 2.05) is 6.07 Å². The third-order valence-corrected chi connectivity index (χ3v) is 3.17. The van der Waals surface area contributed by atoms with Gasteiger partial charge in [-0.2, -0.15) is 0 Å². The number of aliphatic hydroxyl groups is 1. The zero-order valence-electron chi connectivity index (χ0n) is 9.84. The second-order valence-electron chi connectivity index (χ2n) is 4.26. The summed E-state index contributed by atoms with van der Waals surface area (Å²) in [5, 5.41) is 8.94. The fourth-order valence-corrected chi connectivity index (χ4v) is 2.01. The normalized spacial score (nSPS) is 15.4. The highest BCUT2D eigenvalue weighted by molar-refractivity contribution is 5.48. The van der Waals surface area contributed by atoms with Crippen LogP contribution in [0, 0.1) is 0 Å². The van der Waals surface area contributed by atoms with E-state index < -0.39 is 0 Å². The number of nitrogens with two attached hydrogens (primary N) is 1. The van der Waals surface area contributed by atoms with Crippen LogP contribution in [0.4, 0.5) is 11.6 Å². The smallest absolute Gasteiger partial charge is 0.145 e. The second-order valence-corrected chi connectivity index (χ2v) is 4.26. The van der Waals surface area contributed by atoms with Crippen LogP contribution in [0.2, 0.25) is 0 Å². The summed E-state index contributed by atoms with van der Waals surface area (Å²) in [6.45, 7) is 1.03. The van der Waals surface area contributed by atoms with E-state index in [-0.39, 0.29) is 6.61 Å². The molecule has 1 saturated carbocycles. The van der Waals surface area contributed by atoms with Gasteiger partial charge in [0, 0.05) is 25.3 Å². The average Bonchev–Trinajstić information content (AvgIpc) is 2.32. The summed E-state index contributed by atoms with van der Waals surface area (Å²) in [5.74, 6) is 6.84. The molecule has 94 valence electrons. The first-order valence-electron chi connectivity index (χ1n) is 6.01. The molecule has 1 aliphatic carbocycles. The monoisotopic (exact) mass is 237 g/mol. The maximum atomic E-state index is 8.94. The topological polar surface area (TPSA) is 87.3 Å². The summed E-state index contributed by atoms with van der Waals surface area (Å²) in [7, 11) is 0. The predicted octanol–water partition coefficient (Wildman–Crippen LogP) is 0.503. The van der Waals surface area contributed by atoms with E-state index in [9.17, 15) is 0 Å². The molecule has 4 N–H and O–H groups in total. The molecule has 0 amide bonds. The van der Waals surface area contributed by atoms with Crippen LogP contribution in [-0.2, 0) is 0 Å². The maximum absolute atomic E-state index is 8.94. The zero-order chi connectivity index (χ0) is 12.1. The fraction of sp³-hybridized carbons (Fsp3) is 0.636. The number of nitrogen functional groups attached to an aromatic ring is 1. The summed E-state index contributed by atoms with van der Waals surface area (Å²) in [5.41, 5.74) is 2.53. The maximum Gasteiger partial charge on any atom is 0.145 e. The molecule has 0 bridgehead atoms. The molecule has 0 aliphatic heterocycles. The molecule has 2 rings (SSSR count). The van der Waals surface area contributed by atoms with E-state index in [0.717, 1.165) is 18.8 Å². The van der Waals surface area contributed by atoms with E-state index in [1.54, 1.807) is 0 Å². The van der Waals surface area contributed by atoms with Crippen LogP contribution in [-0.4, -0.2) is 34.3 Å². The minimum absolute atomic E-state index is 0.205. The molecule has 0 radical (unpaired) electrons. The first kappa shape index (κ1) is 12.1. The summed E-state index contributed by atoms with van der Waals surface area (Å²) < 4.78 is 0. The van der Waals surface area contributed by atoms with Gasteiger partial charge in [0.2, 0.25) is 0 Å². The Labute approximate surface area is 101 Å². The lowest BCUT2D eigenvalue weighted by Crippen LogP contribution is -2.41. The number of hydrogen-bond donors (Lipinski definition) is 3. The third-order valence-electron chi connectivity index (χ3n) is 3.17. The highest BCUT2D eigenvalue weighted by Crippen LogP contribution is 2.29. The van der Waals surface area contributed by atoms with Gasteiger partial charge in [-0.3, -0.25) is 0 Å². The molecule has 1 fully saturated rings. The standard InChI is InChI=1S/C11H19N5O/c12-15-10-7-11(14-8-13-10)16(5-2-6-17)9-3-1-4-9/h7-9,17H,1-6,12H2,(H,13,14,15). The summed E-state index contributed by atoms with van der Waals surface area (Å²) in [4.78, 5) is 10.5. The SMILES string of the molecule is NNc1cc(N(CCCO)C2CCC2)ncn1. The molecular weight excluding hydrogens is 218 g/mol.